The van der Waals surface area contributed by atoms with Crippen molar-refractivity contribution in [3.05, 3.63) is 40.9 Å². The maximum Gasteiger partial charge on any atom is 0.337 e. The second-order valence-corrected chi connectivity index (χ2v) is 4.36. The first-order valence-electron chi connectivity index (χ1n) is 5.65. The van der Waals surface area contributed by atoms with Crippen molar-refractivity contribution in [1.29, 1.82) is 0 Å². The summed E-state index contributed by atoms with van der Waals surface area (Å²) >= 11 is 5.76. The largest absolute Gasteiger partial charge is 0.494 e. The molecule has 0 fully saturated rings. The van der Waals surface area contributed by atoms with Gasteiger partial charge in [-0.1, -0.05) is 11.6 Å². The molecule has 0 bridgehead atoms. The predicted molar refractivity (Wildman–Crippen MR) is 70.9 cm³/mol. The molecule has 21 heavy (non-hydrogen) atoms. The summed E-state index contributed by atoms with van der Waals surface area (Å²) in [5, 5.41) is 9.21. The molecule has 0 radical (unpaired) electrons. The van der Waals surface area contributed by atoms with Gasteiger partial charge in [-0.15, -0.1) is 0 Å². The molecule has 2 heterocycles. The van der Waals surface area contributed by atoms with E-state index >= 15 is 0 Å². The number of rotatable bonds is 4. The predicted octanol–water partition coefficient (Wildman–Crippen LogP) is 3.44. The van der Waals surface area contributed by atoms with Gasteiger partial charge in [0.2, 0.25) is 0 Å². The summed E-state index contributed by atoms with van der Waals surface area (Å²) in [6.45, 7) is 0. The van der Waals surface area contributed by atoms with Crippen LogP contribution in [0.15, 0.2) is 24.5 Å². The average Bonchev–Trinajstić information content (AvgIpc) is 2.46. The number of aromatic nitrogens is 2. The summed E-state index contributed by atoms with van der Waals surface area (Å²) in [5.41, 5.74) is -0.382. The zero-order valence-corrected chi connectivity index (χ0v) is 11.4. The molecule has 0 atom stereocenters. The number of alkyl halides is 2. The summed E-state index contributed by atoms with van der Waals surface area (Å²) in [6, 6.07) is 2.35. The molecule has 5 nitrogen and oxygen atoms in total. The normalized spacial score (nSPS) is 10.7. The van der Waals surface area contributed by atoms with Gasteiger partial charge >= 0.3 is 5.97 Å². The minimum Gasteiger partial charge on any atom is -0.494 e. The monoisotopic (exact) mass is 314 g/mol. The summed E-state index contributed by atoms with van der Waals surface area (Å²) < 4.78 is 30.6. The van der Waals surface area contributed by atoms with Crippen molar-refractivity contribution in [2.24, 2.45) is 0 Å². The molecule has 0 saturated heterocycles. The molecular formula is C13H9ClF2N2O3. The van der Waals surface area contributed by atoms with E-state index in [1.54, 1.807) is 0 Å². The number of nitrogens with zero attached hydrogens (tertiary/aromatic N) is 2. The van der Waals surface area contributed by atoms with Gasteiger partial charge in [0.1, 0.15) is 16.6 Å². The highest BCUT2D eigenvalue weighted by Crippen LogP contribution is 2.35. The number of hydrogen-bond donors (Lipinski definition) is 1. The smallest absolute Gasteiger partial charge is 0.337 e. The van der Waals surface area contributed by atoms with E-state index in [-0.39, 0.29) is 27.6 Å². The maximum atomic E-state index is 12.8. The average molecular weight is 315 g/mol. The number of methoxy groups -OCH3 is 1. The van der Waals surface area contributed by atoms with Gasteiger partial charge < -0.3 is 9.84 Å². The Morgan fingerprint density at radius 3 is 2.57 bits per heavy atom. The molecule has 0 amide bonds. The van der Waals surface area contributed by atoms with E-state index in [0.29, 0.717) is 0 Å². The molecule has 110 valence electrons. The second-order valence-electron chi connectivity index (χ2n) is 3.97. The Bertz CT molecular complexity index is 695. The zero-order chi connectivity index (χ0) is 15.6. The van der Waals surface area contributed by atoms with Crippen LogP contribution in [0.25, 0.3) is 11.1 Å². The third kappa shape index (κ3) is 3.08. The van der Waals surface area contributed by atoms with Gasteiger partial charge in [-0.05, 0) is 12.1 Å². The van der Waals surface area contributed by atoms with E-state index < -0.39 is 18.1 Å². The molecule has 2 rings (SSSR count). The minimum absolute atomic E-state index is 0.0347. The van der Waals surface area contributed by atoms with Gasteiger partial charge in [0.05, 0.1) is 18.9 Å². The number of pyridine rings is 2. The maximum absolute atomic E-state index is 12.8. The lowest BCUT2D eigenvalue weighted by Gasteiger charge is -2.12. The molecule has 8 heteroatoms. The summed E-state index contributed by atoms with van der Waals surface area (Å²) in [6.07, 6.45) is -0.626. The van der Waals surface area contributed by atoms with E-state index in [9.17, 15) is 18.7 Å². The van der Waals surface area contributed by atoms with Gasteiger partial charge in [-0.25, -0.2) is 18.6 Å². The van der Waals surface area contributed by atoms with Crippen molar-refractivity contribution in [2.45, 2.75) is 6.43 Å². The van der Waals surface area contributed by atoms with Crippen molar-refractivity contribution in [3.8, 4) is 16.9 Å². The highest BCUT2D eigenvalue weighted by molar-refractivity contribution is 6.29. The molecule has 2 aromatic rings. The lowest BCUT2D eigenvalue weighted by molar-refractivity contribution is 0.0697. The number of aromatic carboxylic acids is 1. The summed E-state index contributed by atoms with van der Waals surface area (Å²) in [5.74, 6) is -1.10. The van der Waals surface area contributed by atoms with Gasteiger partial charge in [-0.2, -0.15) is 0 Å². The van der Waals surface area contributed by atoms with Crippen LogP contribution in [0, 0.1) is 0 Å². The lowest BCUT2D eigenvalue weighted by Crippen LogP contribution is -2.03. The fourth-order valence-electron chi connectivity index (χ4n) is 1.77. The fraction of sp³-hybridized carbons (Fsp3) is 0.154. The molecule has 0 unspecified atom stereocenters. The Balaban J connectivity index is 2.73. The number of carboxylic acids is 1. The zero-order valence-electron chi connectivity index (χ0n) is 10.7. The molecule has 1 N–H and O–H groups in total. The summed E-state index contributed by atoms with van der Waals surface area (Å²) in [4.78, 5) is 18.5. The van der Waals surface area contributed by atoms with E-state index in [1.807, 2.05) is 0 Å². The van der Waals surface area contributed by atoms with Crippen LogP contribution in [0.3, 0.4) is 0 Å². The van der Waals surface area contributed by atoms with Crippen LogP contribution >= 0.6 is 11.6 Å². The Morgan fingerprint density at radius 1 is 1.29 bits per heavy atom. The molecule has 0 saturated carbocycles. The molecular weight excluding hydrogens is 306 g/mol. The first-order chi connectivity index (χ1) is 9.93. The molecule has 0 aromatic carbocycles. The van der Waals surface area contributed by atoms with Crippen molar-refractivity contribution in [1.82, 2.24) is 9.97 Å². The first-order valence-corrected chi connectivity index (χ1v) is 6.03. The Morgan fingerprint density at radius 2 is 2.00 bits per heavy atom. The van der Waals surface area contributed by atoms with Crippen LogP contribution in [0.5, 0.6) is 5.75 Å². The SMILES string of the molecule is COc1cnc(C(F)F)cc1-c1cc(Cl)ncc1C(=O)O. The molecule has 0 spiro atoms. The van der Waals surface area contributed by atoms with Crippen molar-refractivity contribution in [2.75, 3.05) is 7.11 Å². The van der Waals surface area contributed by atoms with Crippen LogP contribution in [-0.2, 0) is 0 Å². The second kappa shape index (κ2) is 6.01. The standard InChI is InChI=1S/C13H9ClF2N2O3/c1-21-10-5-17-9(12(15)16)2-7(10)6-3-11(14)18-4-8(6)13(19)20/h2-5,12H,1H3,(H,19,20). The Labute approximate surface area is 123 Å². The summed E-state index contributed by atoms with van der Waals surface area (Å²) in [7, 11) is 1.33. The number of ether oxygens (including phenoxy) is 1. The van der Waals surface area contributed by atoms with Gasteiger partial charge in [0.25, 0.3) is 6.43 Å². The van der Waals surface area contributed by atoms with E-state index in [1.165, 1.54) is 13.2 Å². The van der Waals surface area contributed by atoms with Gasteiger partial charge in [0.15, 0.2) is 0 Å². The highest BCUT2D eigenvalue weighted by atomic mass is 35.5. The van der Waals surface area contributed by atoms with Crippen LogP contribution in [0.1, 0.15) is 22.5 Å². The number of halogens is 3. The topological polar surface area (TPSA) is 72.3 Å². The van der Waals surface area contributed by atoms with E-state index in [2.05, 4.69) is 9.97 Å². The van der Waals surface area contributed by atoms with Crippen LogP contribution < -0.4 is 4.74 Å². The molecule has 0 aliphatic heterocycles. The van der Waals surface area contributed by atoms with E-state index in [4.69, 9.17) is 16.3 Å². The third-order valence-corrected chi connectivity index (χ3v) is 2.93. The molecule has 2 aromatic heterocycles. The fourth-order valence-corrected chi connectivity index (χ4v) is 1.93. The lowest BCUT2D eigenvalue weighted by atomic mass is 10.0. The first kappa shape index (κ1) is 15.1. The van der Waals surface area contributed by atoms with Gasteiger partial charge in [-0.3, -0.25) is 4.98 Å². The molecule has 0 aliphatic carbocycles. The number of carboxylic acid groups (broad SMARTS) is 1. The molecule has 0 aliphatic rings. The van der Waals surface area contributed by atoms with E-state index in [0.717, 1.165) is 18.5 Å². The van der Waals surface area contributed by atoms with Crippen LogP contribution in [0.2, 0.25) is 5.15 Å². The van der Waals surface area contributed by atoms with Crippen molar-refractivity contribution < 1.29 is 23.4 Å². The quantitative estimate of drug-likeness (QED) is 0.875. The number of carbonyl (C=O) groups is 1. The third-order valence-electron chi connectivity index (χ3n) is 2.72. The van der Waals surface area contributed by atoms with Crippen molar-refractivity contribution >= 4 is 17.6 Å². The van der Waals surface area contributed by atoms with Gasteiger partial charge in [0, 0.05) is 17.3 Å². The Hall–Kier alpha value is -2.28. The Kier molecular flexibility index (Phi) is 4.32. The number of hydrogen-bond acceptors (Lipinski definition) is 4. The van der Waals surface area contributed by atoms with Crippen LogP contribution in [-0.4, -0.2) is 28.2 Å². The van der Waals surface area contributed by atoms with Crippen LogP contribution in [0.4, 0.5) is 8.78 Å². The highest BCUT2D eigenvalue weighted by Gasteiger charge is 2.19. The van der Waals surface area contributed by atoms with Crippen molar-refractivity contribution in [3.63, 3.8) is 0 Å². The minimum atomic E-state index is -2.79.